The van der Waals surface area contributed by atoms with Crippen molar-refractivity contribution in [2.24, 2.45) is 0 Å². The fourth-order valence-corrected chi connectivity index (χ4v) is 2.08. The molecule has 1 unspecified atom stereocenters. The van der Waals surface area contributed by atoms with Gasteiger partial charge in [0, 0.05) is 25.9 Å². The Labute approximate surface area is 125 Å². The molecule has 0 aromatic heterocycles. The monoisotopic (exact) mass is 300 g/mol. The molecule has 2 N–H and O–H groups in total. The average Bonchev–Trinajstić information content (AvgIpc) is 2.40. The number of carbonyl (C=O) groups excluding carboxylic acids is 1. The molecule has 1 aliphatic heterocycles. The normalized spacial score (nSPS) is 18.1. The summed E-state index contributed by atoms with van der Waals surface area (Å²) in [5, 5.41) is 6.09. The van der Waals surface area contributed by atoms with Crippen LogP contribution >= 0.6 is 12.4 Å². The molecule has 5 nitrogen and oxygen atoms in total. The smallest absolute Gasteiger partial charge is 0.227 e. The zero-order valence-corrected chi connectivity index (χ0v) is 12.4. The molecule has 1 saturated heterocycles. The van der Waals surface area contributed by atoms with E-state index < -0.39 is 0 Å². The number of ether oxygens (including phenoxy) is 2. The standard InChI is InChI=1S/C14H20N2O3.ClH/c1-18-10-11-3-2-4-12(7-11)16-14(17)8-13-9-15-5-6-19-13;/h2-4,7,13,15H,5-6,8-10H2,1H3,(H,16,17);1H. The Morgan fingerprint density at radius 3 is 3.10 bits per heavy atom. The molecule has 2 rings (SSSR count). The third kappa shape index (κ3) is 5.46. The van der Waals surface area contributed by atoms with Gasteiger partial charge in [0.25, 0.3) is 0 Å². The number of benzene rings is 1. The summed E-state index contributed by atoms with van der Waals surface area (Å²) in [7, 11) is 1.65. The van der Waals surface area contributed by atoms with Crippen molar-refractivity contribution in [2.75, 3.05) is 32.1 Å². The molecule has 1 atom stereocenters. The minimum atomic E-state index is -0.0316. The van der Waals surface area contributed by atoms with Crippen LogP contribution in [0.2, 0.25) is 0 Å². The lowest BCUT2D eigenvalue weighted by Gasteiger charge is -2.23. The molecular formula is C14H21ClN2O3. The first-order chi connectivity index (χ1) is 9.28. The Morgan fingerprint density at radius 1 is 1.55 bits per heavy atom. The number of nitrogens with one attached hydrogen (secondary N) is 2. The lowest BCUT2D eigenvalue weighted by molar-refractivity contribution is -0.119. The molecular weight excluding hydrogens is 280 g/mol. The Hall–Kier alpha value is -1.14. The van der Waals surface area contributed by atoms with E-state index in [2.05, 4.69) is 10.6 Å². The van der Waals surface area contributed by atoms with Gasteiger partial charge in [-0.05, 0) is 17.7 Å². The van der Waals surface area contributed by atoms with E-state index in [9.17, 15) is 4.79 Å². The number of methoxy groups -OCH3 is 1. The molecule has 0 aliphatic carbocycles. The van der Waals surface area contributed by atoms with E-state index in [0.29, 0.717) is 19.6 Å². The van der Waals surface area contributed by atoms with Crippen molar-refractivity contribution in [2.45, 2.75) is 19.1 Å². The largest absolute Gasteiger partial charge is 0.380 e. The second-order valence-corrected chi connectivity index (χ2v) is 4.58. The molecule has 1 amide bonds. The van der Waals surface area contributed by atoms with Crippen LogP contribution in [0.3, 0.4) is 0 Å². The summed E-state index contributed by atoms with van der Waals surface area (Å²) in [4.78, 5) is 11.9. The maximum absolute atomic E-state index is 11.9. The van der Waals surface area contributed by atoms with Crippen LogP contribution in [-0.2, 0) is 20.9 Å². The van der Waals surface area contributed by atoms with Gasteiger partial charge in [0.15, 0.2) is 0 Å². The third-order valence-corrected chi connectivity index (χ3v) is 2.94. The fraction of sp³-hybridized carbons (Fsp3) is 0.500. The van der Waals surface area contributed by atoms with Crippen molar-refractivity contribution in [1.82, 2.24) is 5.32 Å². The number of halogens is 1. The molecule has 6 heteroatoms. The van der Waals surface area contributed by atoms with Crippen LogP contribution in [0.15, 0.2) is 24.3 Å². The first-order valence-corrected chi connectivity index (χ1v) is 6.48. The van der Waals surface area contributed by atoms with Crippen molar-refractivity contribution < 1.29 is 14.3 Å². The number of hydrogen-bond donors (Lipinski definition) is 2. The van der Waals surface area contributed by atoms with E-state index in [1.807, 2.05) is 24.3 Å². The predicted octanol–water partition coefficient (Wildman–Crippen LogP) is 1.57. The highest BCUT2D eigenvalue weighted by atomic mass is 35.5. The minimum Gasteiger partial charge on any atom is -0.380 e. The summed E-state index contributed by atoms with van der Waals surface area (Å²) in [6.07, 6.45) is 0.345. The van der Waals surface area contributed by atoms with Gasteiger partial charge in [-0.25, -0.2) is 0 Å². The SMILES string of the molecule is COCc1cccc(NC(=O)CC2CNCCO2)c1.Cl. The van der Waals surface area contributed by atoms with Gasteiger partial charge in [0.05, 0.1) is 25.7 Å². The van der Waals surface area contributed by atoms with E-state index in [1.54, 1.807) is 7.11 Å². The summed E-state index contributed by atoms with van der Waals surface area (Å²) in [5.41, 5.74) is 1.83. The number of hydrogen-bond acceptors (Lipinski definition) is 4. The molecule has 20 heavy (non-hydrogen) atoms. The summed E-state index contributed by atoms with van der Waals surface area (Å²) in [5.74, 6) is -0.0248. The van der Waals surface area contributed by atoms with Crippen LogP contribution in [0, 0.1) is 0 Å². The summed E-state index contributed by atoms with van der Waals surface area (Å²) in [6.45, 7) is 2.80. The second-order valence-electron chi connectivity index (χ2n) is 4.58. The van der Waals surface area contributed by atoms with E-state index in [-0.39, 0.29) is 24.4 Å². The Bertz CT molecular complexity index is 423. The van der Waals surface area contributed by atoms with Gasteiger partial charge >= 0.3 is 0 Å². The highest BCUT2D eigenvalue weighted by Crippen LogP contribution is 2.12. The summed E-state index contributed by atoms with van der Waals surface area (Å²) < 4.78 is 10.6. The van der Waals surface area contributed by atoms with E-state index in [4.69, 9.17) is 9.47 Å². The molecule has 0 radical (unpaired) electrons. The van der Waals surface area contributed by atoms with E-state index >= 15 is 0 Å². The van der Waals surface area contributed by atoms with Crippen LogP contribution in [0.5, 0.6) is 0 Å². The zero-order chi connectivity index (χ0) is 13.5. The van der Waals surface area contributed by atoms with Gasteiger partial charge in [-0.2, -0.15) is 0 Å². The molecule has 1 heterocycles. The predicted molar refractivity (Wildman–Crippen MR) is 80.3 cm³/mol. The van der Waals surface area contributed by atoms with Crippen molar-refractivity contribution in [3.63, 3.8) is 0 Å². The fourth-order valence-electron chi connectivity index (χ4n) is 2.08. The molecule has 1 fully saturated rings. The molecule has 1 aromatic carbocycles. The van der Waals surface area contributed by atoms with Gasteiger partial charge in [0.2, 0.25) is 5.91 Å². The van der Waals surface area contributed by atoms with Gasteiger partial charge in [-0.15, -0.1) is 12.4 Å². The van der Waals surface area contributed by atoms with Gasteiger partial charge in [-0.1, -0.05) is 12.1 Å². The van der Waals surface area contributed by atoms with E-state index in [1.165, 1.54) is 0 Å². The lowest BCUT2D eigenvalue weighted by Crippen LogP contribution is -2.40. The highest BCUT2D eigenvalue weighted by molar-refractivity contribution is 5.91. The molecule has 0 saturated carbocycles. The topological polar surface area (TPSA) is 59.6 Å². The number of carbonyl (C=O) groups is 1. The van der Waals surface area contributed by atoms with Crippen LogP contribution in [-0.4, -0.2) is 38.8 Å². The maximum atomic E-state index is 11.9. The Balaban J connectivity index is 0.00000200. The summed E-state index contributed by atoms with van der Waals surface area (Å²) >= 11 is 0. The van der Waals surface area contributed by atoms with E-state index in [0.717, 1.165) is 24.3 Å². The van der Waals surface area contributed by atoms with Crippen LogP contribution in [0.25, 0.3) is 0 Å². The second kappa shape index (κ2) is 8.92. The summed E-state index contributed by atoms with van der Waals surface area (Å²) in [6, 6.07) is 7.66. The molecule has 0 bridgehead atoms. The first kappa shape index (κ1) is 16.9. The average molecular weight is 301 g/mol. The molecule has 1 aromatic rings. The maximum Gasteiger partial charge on any atom is 0.227 e. The minimum absolute atomic E-state index is 0. The van der Waals surface area contributed by atoms with Crippen LogP contribution in [0.1, 0.15) is 12.0 Å². The highest BCUT2D eigenvalue weighted by Gasteiger charge is 2.17. The van der Waals surface area contributed by atoms with Gasteiger partial charge in [-0.3, -0.25) is 4.79 Å². The molecule has 112 valence electrons. The molecule has 1 aliphatic rings. The van der Waals surface area contributed by atoms with Crippen molar-refractivity contribution in [3.05, 3.63) is 29.8 Å². The van der Waals surface area contributed by atoms with Crippen LogP contribution in [0.4, 0.5) is 5.69 Å². The van der Waals surface area contributed by atoms with Crippen molar-refractivity contribution in [1.29, 1.82) is 0 Å². The zero-order valence-electron chi connectivity index (χ0n) is 11.6. The van der Waals surface area contributed by atoms with Crippen molar-refractivity contribution >= 4 is 24.0 Å². The van der Waals surface area contributed by atoms with Crippen molar-refractivity contribution in [3.8, 4) is 0 Å². The molecule has 0 spiro atoms. The number of amides is 1. The third-order valence-electron chi connectivity index (χ3n) is 2.94. The van der Waals surface area contributed by atoms with Crippen LogP contribution < -0.4 is 10.6 Å². The first-order valence-electron chi connectivity index (χ1n) is 6.48. The van der Waals surface area contributed by atoms with Gasteiger partial charge in [0.1, 0.15) is 0 Å². The Morgan fingerprint density at radius 2 is 2.40 bits per heavy atom. The number of anilines is 1. The lowest BCUT2D eigenvalue weighted by atomic mass is 10.2. The quantitative estimate of drug-likeness (QED) is 0.867. The number of morpholine rings is 1. The number of rotatable bonds is 5. The Kier molecular flexibility index (Phi) is 7.54. The van der Waals surface area contributed by atoms with Gasteiger partial charge < -0.3 is 20.1 Å².